The number of imide groups is 1. The van der Waals surface area contributed by atoms with Gasteiger partial charge in [-0.25, -0.2) is 15.4 Å². The van der Waals surface area contributed by atoms with E-state index in [4.69, 9.17) is 15.2 Å². The summed E-state index contributed by atoms with van der Waals surface area (Å²) in [5, 5.41) is 7.05. The molecule has 4 N–H and O–H groups in total. The quantitative estimate of drug-likeness (QED) is 0.0409. The molecule has 2 aromatic heterocycles. The van der Waals surface area contributed by atoms with E-state index in [2.05, 4.69) is 35.7 Å². The smallest absolute Gasteiger partial charge is 0.257 e. The molecule has 0 aliphatic carbocycles. The van der Waals surface area contributed by atoms with E-state index in [1.165, 1.54) is 17.1 Å². The molecule has 0 spiro atoms. The predicted molar refractivity (Wildman–Crippen MR) is 221 cm³/mol. The summed E-state index contributed by atoms with van der Waals surface area (Å²) in [6.45, 7) is 5.08. The fourth-order valence-corrected chi connectivity index (χ4v) is 6.50. The summed E-state index contributed by atoms with van der Waals surface area (Å²) < 4.78 is 11.1. The van der Waals surface area contributed by atoms with Crippen LogP contribution >= 0.6 is 0 Å². The molecular formula is C43H47N9O7. The molecule has 59 heavy (non-hydrogen) atoms. The average molecular weight is 802 g/mol. The van der Waals surface area contributed by atoms with Crippen LogP contribution in [-0.2, 0) is 36.8 Å². The van der Waals surface area contributed by atoms with Gasteiger partial charge in [-0.3, -0.25) is 33.9 Å². The first-order chi connectivity index (χ1) is 28.6. The van der Waals surface area contributed by atoms with Crippen LogP contribution in [0.15, 0.2) is 90.4 Å². The lowest BCUT2D eigenvalue weighted by Crippen LogP contribution is -2.37. The Balaban J connectivity index is 0.893. The lowest BCUT2D eigenvalue weighted by Gasteiger charge is -2.30. The van der Waals surface area contributed by atoms with Gasteiger partial charge in [0, 0.05) is 80.4 Å². The number of aromatic nitrogens is 3. The van der Waals surface area contributed by atoms with Crippen molar-refractivity contribution in [3.8, 4) is 17.0 Å². The second-order valence-corrected chi connectivity index (χ2v) is 14.0. The van der Waals surface area contributed by atoms with Crippen LogP contribution in [0, 0.1) is 0 Å². The molecule has 4 amide bonds. The SMILES string of the molecule is C/C(=N/NC(=O)CCCCCN1C(=O)C=CC1=O)c1ccc(OCC(=O)NCCc2ccc(-c3cnc(N)c(C(=O)Cc4cnccc4N4CCOCC4)n3)cc2)cc1. The maximum absolute atomic E-state index is 13.4. The van der Waals surface area contributed by atoms with Gasteiger partial charge in [-0.15, -0.1) is 0 Å². The van der Waals surface area contributed by atoms with Crippen LogP contribution in [0.25, 0.3) is 11.3 Å². The monoisotopic (exact) mass is 801 g/mol. The number of anilines is 2. The zero-order valence-electron chi connectivity index (χ0n) is 32.9. The van der Waals surface area contributed by atoms with Crippen molar-refractivity contribution in [2.45, 2.75) is 45.4 Å². The first kappa shape index (κ1) is 41.8. The number of pyridine rings is 1. The summed E-state index contributed by atoms with van der Waals surface area (Å²) in [6.07, 6.45) is 10.4. The number of benzene rings is 2. The number of carbonyl (C=O) groups excluding carboxylic acids is 5. The number of ketones is 1. The van der Waals surface area contributed by atoms with Gasteiger partial charge in [-0.05, 0) is 67.6 Å². The summed E-state index contributed by atoms with van der Waals surface area (Å²) in [5.74, 6) is -0.760. The summed E-state index contributed by atoms with van der Waals surface area (Å²) in [4.78, 5) is 77.8. The van der Waals surface area contributed by atoms with Crippen molar-refractivity contribution >= 4 is 46.6 Å². The van der Waals surface area contributed by atoms with Crippen molar-refractivity contribution in [1.82, 2.24) is 30.6 Å². The number of Topliss-reactive ketones (excluding diaryl/α,β-unsaturated/α-hetero) is 1. The Kier molecular flexibility index (Phi) is 14.6. The van der Waals surface area contributed by atoms with Gasteiger partial charge in [0.05, 0.1) is 30.8 Å². The lowest BCUT2D eigenvalue weighted by atomic mass is 10.0. The molecule has 0 unspecified atom stereocenters. The van der Waals surface area contributed by atoms with Crippen molar-refractivity contribution in [1.29, 1.82) is 0 Å². The average Bonchev–Trinajstić information content (AvgIpc) is 3.58. The number of ether oxygens (including phenoxy) is 2. The molecule has 0 radical (unpaired) electrons. The Morgan fingerprint density at radius 3 is 2.41 bits per heavy atom. The minimum absolute atomic E-state index is 0.0697. The van der Waals surface area contributed by atoms with Crippen LogP contribution in [0.1, 0.15) is 59.8 Å². The maximum atomic E-state index is 13.4. The van der Waals surface area contributed by atoms with E-state index in [0.717, 1.165) is 41.0 Å². The molecule has 2 aromatic carbocycles. The van der Waals surface area contributed by atoms with Crippen LogP contribution in [-0.4, -0.2) is 101 Å². The standard InChI is InChI=1S/C43H47N9O7/c1-29(49-50-38(54)5-3-2-4-20-52-40(56)14-15-41(52)57)31-10-12-34(13-11-31)59-28-39(55)46-19-16-30-6-8-32(9-7-30)35-27-47-43(44)42(48-35)37(53)25-33-26-45-18-17-36(33)51-21-23-58-24-22-51/h6-15,17-18,26-27H,2-5,16,19-25,28H2,1H3,(H2,44,47)(H,46,55)(H,50,54)/b49-29-. The molecule has 1 saturated heterocycles. The van der Waals surface area contributed by atoms with Gasteiger partial charge in [0.25, 0.3) is 17.7 Å². The number of morpholine rings is 1. The van der Waals surface area contributed by atoms with E-state index in [1.807, 2.05) is 30.3 Å². The minimum atomic E-state index is -0.300. The molecule has 0 atom stereocenters. The van der Waals surface area contributed by atoms with Crippen LogP contribution in [0.5, 0.6) is 5.75 Å². The summed E-state index contributed by atoms with van der Waals surface area (Å²) in [7, 11) is 0. The summed E-state index contributed by atoms with van der Waals surface area (Å²) >= 11 is 0. The van der Waals surface area contributed by atoms with Gasteiger partial charge in [0.1, 0.15) is 11.4 Å². The molecule has 1 fully saturated rings. The van der Waals surface area contributed by atoms with Crippen molar-refractivity contribution in [2.75, 3.05) is 56.6 Å². The maximum Gasteiger partial charge on any atom is 0.257 e. The summed E-state index contributed by atoms with van der Waals surface area (Å²) in [6, 6.07) is 16.6. The molecule has 16 nitrogen and oxygen atoms in total. The number of nitrogens with zero attached hydrogens (tertiary/aromatic N) is 6. The van der Waals surface area contributed by atoms with Gasteiger partial charge in [-0.1, -0.05) is 30.7 Å². The van der Waals surface area contributed by atoms with Crippen molar-refractivity contribution < 1.29 is 33.4 Å². The molecule has 6 rings (SSSR count). The highest BCUT2D eigenvalue weighted by Gasteiger charge is 2.23. The van der Waals surface area contributed by atoms with Crippen LogP contribution in [0.4, 0.5) is 11.5 Å². The van der Waals surface area contributed by atoms with Gasteiger partial charge in [0.2, 0.25) is 5.91 Å². The summed E-state index contributed by atoms with van der Waals surface area (Å²) in [5.41, 5.74) is 14.2. The number of hydrogen-bond donors (Lipinski definition) is 3. The zero-order valence-corrected chi connectivity index (χ0v) is 32.9. The second-order valence-electron chi connectivity index (χ2n) is 14.0. The van der Waals surface area contributed by atoms with Crippen LogP contribution in [0.3, 0.4) is 0 Å². The Labute approximate surface area is 341 Å². The second kappa shape index (κ2) is 20.6. The number of amides is 4. The predicted octanol–water partition coefficient (Wildman–Crippen LogP) is 3.45. The third-order valence-electron chi connectivity index (χ3n) is 9.81. The van der Waals surface area contributed by atoms with Crippen LogP contribution in [0.2, 0.25) is 0 Å². The number of nitrogens with one attached hydrogen (secondary N) is 2. The fourth-order valence-electron chi connectivity index (χ4n) is 6.50. The van der Waals surface area contributed by atoms with E-state index >= 15 is 0 Å². The zero-order chi connectivity index (χ0) is 41.6. The third-order valence-corrected chi connectivity index (χ3v) is 9.81. The Morgan fingerprint density at radius 1 is 0.915 bits per heavy atom. The molecule has 16 heteroatoms. The van der Waals surface area contributed by atoms with Crippen LogP contribution < -0.4 is 26.1 Å². The molecule has 4 heterocycles. The third kappa shape index (κ3) is 11.9. The molecule has 0 saturated carbocycles. The highest BCUT2D eigenvalue weighted by atomic mass is 16.5. The van der Waals surface area contributed by atoms with E-state index in [-0.39, 0.29) is 60.4 Å². The van der Waals surface area contributed by atoms with E-state index < -0.39 is 0 Å². The van der Waals surface area contributed by atoms with E-state index in [1.54, 1.807) is 49.8 Å². The van der Waals surface area contributed by atoms with E-state index in [9.17, 15) is 24.0 Å². The van der Waals surface area contributed by atoms with Gasteiger partial charge in [-0.2, -0.15) is 5.10 Å². The topological polar surface area (TPSA) is 211 Å². The normalized spacial score (nSPS) is 14.1. The van der Waals surface area contributed by atoms with Crippen molar-refractivity contribution in [2.24, 2.45) is 5.10 Å². The number of nitrogen functional groups attached to an aromatic ring is 1. The van der Waals surface area contributed by atoms with Crippen molar-refractivity contribution in [3.05, 3.63) is 108 Å². The Bertz CT molecular complexity index is 2180. The molecule has 306 valence electrons. The highest BCUT2D eigenvalue weighted by molar-refractivity contribution is 6.12. The van der Waals surface area contributed by atoms with Crippen molar-refractivity contribution in [3.63, 3.8) is 0 Å². The number of carbonyl (C=O) groups is 5. The van der Waals surface area contributed by atoms with Gasteiger partial charge < -0.3 is 25.4 Å². The highest BCUT2D eigenvalue weighted by Crippen LogP contribution is 2.24. The number of hydrazone groups is 1. The fraction of sp³-hybridized carbons (Fsp3) is 0.326. The molecule has 0 bridgehead atoms. The lowest BCUT2D eigenvalue weighted by molar-refractivity contribution is -0.137. The first-order valence-electron chi connectivity index (χ1n) is 19.5. The Hall–Kier alpha value is -6.81. The number of hydrogen-bond acceptors (Lipinski definition) is 13. The minimum Gasteiger partial charge on any atom is -0.484 e. The number of rotatable bonds is 19. The largest absolute Gasteiger partial charge is 0.484 e. The van der Waals surface area contributed by atoms with Gasteiger partial charge >= 0.3 is 0 Å². The Morgan fingerprint density at radius 2 is 1.66 bits per heavy atom. The molecule has 2 aliphatic heterocycles. The van der Waals surface area contributed by atoms with Gasteiger partial charge in [0.15, 0.2) is 18.2 Å². The molecule has 4 aromatic rings. The number of nitrogens with two attached hydrogens (primary N) is 1. The molecular weight excluding hydrogens is 755 g/mol. The number of unbranched alkanes of at least 4 members (excludes halogenated alkanes) is 2. The first-order valence-corrected chi connectivity index (χ1v) is 19.5. The van der Waals surface area contributed by atoms with E-state index in [0.29, 0.717) is 69.1 Å². The molecule has 2 aliphatic rings.